The molecule has 0 N–H and O–H groups in total. The van der Waals surface area contributed by atoms with Gasteiger partial charge in [-0.05, 0) is 29.2 Å². The fraction of sp³-hybridized carbons (Fsp3) is 0.188. The molecular formula is C16H16NO. The summed E-state index contributed by atoms with van der Waals surface area (Å²) < 4.78 is 0. The Bertz CT molecular complexity index is 506. The third-order valence-corrected chi connectivity index (χ3v) is 2.55. The lowest BCUT2D eigenvalue weighted by Gasteiger charge is -2.04. The maximum Gasteiger partial charge on any atom is 0.142 e. The minimum atomic E-state index is 0.480. The second-order valence-electron chi connectivity index (χ2n) is 3.94. The SMILES string of the molecule is CC/[C]=N\OCc1cccc(-c2ccccc2)c1. The summed E-state index contributed by atoms with van der Waals surface area (Å²) in [6.07, 6.45) is 3.54. The predicted molar refractivity (Wildman–Crippen MR) is 74.4 cm³/mol. The lowest BCUT2D eigenvalue weighted by Crippen LogP contribution is -1.88. The average molecular weight is 238 g/mol. The van der Waals surface area contributed by atoms with E-state index >= 15 is 0 Å². The van der Waals surface area contributed by atoms with Crippen LogP contribution in [-0.2, 0) is 11.4 Å². The molecule has 0 saturated heterocycles. The molecular weight excluding hydrogens is 222 g/mol. The van der Waals surface area contributed by atoms with E-state index in [4.69, 9.17) is 4.84 Å². The largest absolute Gasteiger partial charge is 0.391 e. The Kier molecular flexibility index (Phi) is 4.53. The van der Waals surface area contributed by atoms with Gasteiger partial charge in [0, 0.05) is 0 Å². The number of hydrogen-bond donors (Lipinski definition) is 0. The van der Waals surface area contributed by atoms with Gasteiger partial charge in [0.25, 0.3) is 0 Å². The molecule has 0 spiro atoms. The van der Waals surface area contributed by atoms with Gasteiger partial charge < -0.3 is 4.84 Å². The van der Waals surface area contributed by atoms with Gasteiger partial charge in [-0.2, -0.15) is 0 Å². The number of benzene rings is 2. The van der Waals surface area contributed by atoms with Gasteiger partial charge in [0.15, 0.2) is 0 Å². The molecule has 1 radical (unpaired) electrons. The summed E-state index contributed by atoms with van der Waals surface area (Å²) in [5.41, 5.74) is 3.51. The predicted octanol–water partition coefficient (Wildman–Crippen LogP) is 4.14. The Morgan fingerprint density at radius 3 is 2.56 bits per heavy atom. The van der Waals surface area contributed by atoms with E-state index < -0.39 is 0 Å². The van der Waals surface area contributed by atoms with Gasteiger partial charge in [0.2, 0.25) is 0 Å². The number of nitrogens with zero attached hydrogens (tertiary/aromatic N) is 1. The summed E-state index contributed by atoms with van der Waals surface area (Å²) in [7, 11) is 0. The van der Waals surface area contributed by atoms with E-state index in [1.54, 1.807) is 0 Å². The lowest BCUT2D eigenvalue weighted by atomic mass is 10.0. The molecule has 0 amide bonds. The topological polar surface area (TPSA) is 21.6 Å². The zero-order chi connectivity index (χ0) is 12.6. The Morgan fingerprint density at radius 2 is 1.78 bits per heavy atom. The van der Waals surface area contributed by atoms with Crippen LogP contribution >= 0.6 is 0 Å². The minimum absolute atomic E-state index is 0.480. The molecule has 2 nitrogen and oxygen atoms in total. The van der Waals surface area contributed by atoms with Crippen molar-refractivity contribution in [1.29, 1.82) is 0 Å². The molecule has 0 aliphatic rings. The van der Waals surface area contributed by atoms with Gasteiger partial charge >= 0.3 is 0 Å². The van der Waals surface area contributed by atoms with E-state index in [0.29, 0.717) is 6.61 Å². The molecule has 0 bridgehead atoms. The Labute approximate surface area is 108 Å². The van der Waals surface area contributed by atoms with Crippen molar-refractivity contribution in [2.24, 2.45) is 5.16 Å². The highest BCUT2D eigenvalue weighted by molar-refractivity contribution is 5.63. The van der Waals surface area contributed by atoms with Crippen molar-refractivity contribution < 1.29 is 4.84 Å². The summed E-state index contributed by atoms with van der Waals surface area (Å²) in [6, 6.07) is 18.6. The van der Waals surface area contributed by atoms with Gasteiger partial charge in [-0.1, -0.05) is 60.6 Å². The van der Waals surface area contributed by atoms with Gasteiger partial charge in [0.1, 0.15) is 12.8 Å². The lowest BCUT2D eigenvalue weighted by molar-refractivity contribution is 0.131. The molecule has 0 aliphatic heterocycles. The van der Waals surface area contributed by atoms with Crippen LogP contribution in [0, 0.1) is 0 Å². The van der Waals surface area contributed by atoms with Gasteiger partial charge in [-0.25, -0.2) is 0 Å². The highest BCUT2D eigenvalue weighted by Crippen LogP contribution is 2.20. The molecule has 2 heteroatoms. The third kappa shape index (κ3) is 3.45. The van der Waals surface area contributed by atoms with Gasteiger partial charge in [-0.15, -0.1) is 0 Å². The average Bonchev–Trinajstić information content (AvgIpc) is 2.45. The number of hydrogen-bond acceptors (Lipinski definition) is 2. The zero-order valence-corrected chi connectivity index (χ0v) is 10.5. The maximum atomic E-state index is 5.16. The second-order valence-corrected chi connectivity index (χ2v) is 3.94. The van der Waals surface area contributed by atoms with Crippen LogP contribution in [0.1, 0.15) is 18.9 Å². The van der Waals surface area contributed by atoms with E-state index in [-0.39, 0.29) is 0 Å². The molecule has 0 fully saturated rings. The molecule has 0 unspecified atom stereocenters. The first-order valence-corrected chi connectivity index (χ1v) is 6.09. The Morgan fingerprint density at radius 1 is 1.00 bits per heavy atom. The summed E-state index contributed by atoms with van der Waals surface area (Å²) in [6.45, 7) is 2.45. The fourth-order valence-electron chi connectivity index (χ4n) is 1.69. The zero-order valence-electron chi connectivity index (χ0n) is 10.5. The molecule has 91 valence electrons. The first kappa shape index (κ1) is 12.4. The van der Waals surface area contributed by atoms with E-state index in [1.807, 2.05) is 37.3 Å². The van der Waals surface area contributed by atoms with Crippen molar-refractivity contribution in [2.75, 3.05) is 0 Å². The quantitative estimate of drug-likeness (QED) is 0.566. The first-order valence-electron chi connectivity index (χ1n) is 6.09. The molecule has 0 saturated carbocycles. The van der Waals surface area contributed by atoms with Crippen LogP contribution in [0.5, 0.6) is 0 Å². The summed E-state index contributed by atoms with van der Waals surface area (Å²) in [4.78, 5) is 5.16. The van der Waals surface area contributed by atoms with Crippen molar-refractivity contribution in [1.82, 2.24) is 0 Å². The molecule has 0 heterocycles. The van der Waals surface area contributed by atoms with E-state index in [0.717, 1.165) is 12.0 Å². The summed E-state index contributed by atoms with van der Waals surface area (Å²) in [5, 5.41) is 3.74. The molecule has 0 atom stereocenters. The van der Waals surface area contributed by atoms with E-state index in [9.17, 15) is 0 Å². The van der Waals surface area contributed by atoms with Crippen LogP contribution < -0.4 is 0 Å². The van der Waals surface area contributed by atoms with Crippen molar-refractivity contribution >= 4 is 6.21 Å². The highest BCUT2D eigenvalue weighted by Gasteiger charge is 1.98. The van der Waals surface area contributed by atoms with Crippen molar-refractivity contribution in [3.8, 4) is 11.1 Å². The fourth-order valence-corrected chi connectivity index (χ4v) is 1.69. The maximum absolute atomic E-state index is 5.16. The monoisotopic (exact) mass is 238 g/mol. The van der Waals surface area contributed by atoms with Crippen molar-refractivity contribution in [3.05, 3.63) is 60.2 Å². The molecule has 2 aromatic rings. The summed E-state index contributed by atoms with van der Waals surface area (Å²) in [5.74, 6) is 0. The second kappa shape index (κ2) is 6.60. The third-order valence-electron chi connectivity index (χ3n) is 2.55. The van der Waals surface area contributed by atoms with Crippen LogP contribution in [0.15, 0.2) is 59.8 Å². The van der Waals surface area contributed by atoms with Crippen LogP contribution in [0.3, 0.4) is 0 Å². The van der Waals surface area contributed by atoms with Gasteiger partial charge in [0.05, 0.1) is 0 Å². The van der Waals surface area contributed by atoms with Crippen LogP contribution in [-0.4, -0.2) is 6.21 Å². The van der Waals surface area contributed by atoms with Crippen LogP contribution in [0.2, 0.25) is 0 Å². The van der Waals surface area contributed by atoms with Crippen molar-refractivity contribution in [2.45, 2.75) is 20.0 Å². The van der Waals surface area contributed by atoms with Crippen molar-refractivity contribution in [3.63, 3.8) is 0 Å². The normalized spacial score (nSPS) is 10.7. The van der Waals surface area contributed by atoms with E-state index in [1.165, 1.54) is 11.1 Å². The highest BCUT2D eigenvalue weighted by atomic mass is 16.6. The summed E-state index contributed by atoms with van der Waals surface area (Å²) >= 11 is 0. The molecule has 2 rings (SSSR count). The Hall–Kier alpha value is -2.09. The molecule has 2 aromatic carbocycles. The van der Waals surface area contributed by atoms with E-state index in [2.05, 4.69) is 35.6 Å². The standard InChI is InChI=1S/C16H16NO/c1-2-11-17-18-13-14-7-6-10-16(12-14)15-8-4-3-5-9-15/h3-10,12H,2,13H2,1H3. The van der Waals surface area contributed by atoms with Crippen LogP contribution in [0.4, 0.5) is 0 Å². The Balaban J connectivity index is 2.08. The molecule has 0 aromatic heterocycles. The van der Waals surface area contributed by atoms with Crippen LogP contribution in [0.25, 0.3) is 11.1 Å². The molecule has 18 heavy (non-hydrogen) atoms. The number of rotatable bonds is 5. The first-order chi connectivity index (χ1) is 8.90. The smallest absolute Gasteiger partial charge is 0.142 e. The molecule has 0 aliphatic carbocycles. The minimum Gasteiger partial charge on any atom is -0.391 e. The van der Waals surface area contributed by atoms with Gasteiger partial charge in [-0.3, -0.25) is 0 Å².